The normalized spacial score (nSPS) is 15.3. The van der Waals surface area contributed by atoms with Crippen LogP contribution in [0.1, 0.15) is 29.0 Å². The second kappa shape index (κ2) is 5.32. The van der Waals surface area contributed by atoms with Crippen molar-refractivity contribution in [3.63, 3.8) is 0 Å². The molecule has 1 aliphatic heterocycles. The Morgan fingerprint density at radius 3 is 2.82 bits per heavy atom. The molecule has 0 radical (unpaired) electrons. The Labute approximate surface area is 133 Å². The summed E-state index contributed by atoms with van der Waals surface area (Å²) in [6.45, 7) is 6.36. The zero-order valence-corrected chi connectivity index (χ0v) is 13.6. The third-order valence-corrected chi connectivity index (χ3v) is 5.47. The SMILES string of the molecule is CCc1c(C)sc2ncnc(N3CC(c4ccccn4)C3)c12. The van der Waals surface area contributed by atoms with Crippen LogP contribution in [-0.4, -0.2) is 28.0 Å². The van der Waals surface area contributed by atoms with E-state index in [2.05, 4.69) is 45.8 Å². The molecule has 0 spiro atoms. The molecule has 1 aliphatic rings. The van der Waals surface area contributed by atoms with Gasteiger partial charge < -0.3 is 4.90 Å². The lowest BCUT2D eigenvalue weighted by Gasteiger charge is -2.40. The molecule has 5 heteroatoms. The average molecular weight is 310 g/mol. The molecule has 4 heterocycles. The third-order valence-electron chi connectivity index (χ3n) is 4.41. The van der Waals surface area contributed by atoms with Gasteiger partial charge in [0.15, 0.2) is 0 Å². The van der Waals surface area contributed by atoms with Crippen molar-refractivity contribution in [3.8, 4) is 0 Å². The van der Waals surface area contributed by atoms with Gasteiger partial charge in [0.1, 0.15) is 17.0 Å². The number of hydrogen-bond acceptors (Lipinski definition) is 5. The second-order valence-electron chi connectivity index (χ2n) is 5.72. The van der Waals surface area contributed by atoms with Crippen molar-refractivity contribution in [2.75, 3.05) is 18.0 Å². The molecular weight excluding hydrogens is 292 g/mol. The van der Waals surface area contributed by atoms with Crippen LogP contribution in [0, 0.1) is 6.92 Å². The first-order valence-electron chi connectivity index (χ1n) is 7.66. The summed E-state index contributed by atoms with van der Waals surface area (Å²) in [5.74, 6) is 1.61. The average Bonchev–Trinajstić information content (AvgIpc) is 2.83. The molecule has 0 aliphatic carbocycles. The molecule has 0 aromatic carbocycles. The molecule has 112 valence electrons. The number of pyridine rings is 1. The Hall–Kier alpha value is -2.01. The molecule has 3 aromatic heterocycles. The highest BCUT2D eigenvalue weighted by molar-refractivity contribution is 7.18. The van der Waals surface area contributed by atoms with Crippen molar-refractivity contribution >= 4 is 27.4 Å². The Bertz CT molecular complexity index is 806. The predicted octanol–water partition coefficient (Wildman–Crippen LogP) is 3.56. The molecule has 0 unspecified atom stereocenters. The molecular formula is C17H18N4S. The summed E-state index contributed by atoms with van der Waals surface area (Å²) >= 11 is 1.78. The van der Waals surface area contributed by atoms with Gasteiger partial charge in [-0.25, -0.2) is 9.97 Å². The van der Waals surface area contributed by atoms with Crippen molar-refractivity contribution in [1.29, 1.82) is 0 Å². The van der Waals surface area contributed by atoms with E-state index in [1.807, 2.05) is 12.3 Å². The lowest BCUT2D eigenvalue weighted by Crippen LogP contribution is -2.46. The van der Waals surface area contributed by atoms with E-state index in [9.17, 15) is 0 Å². The maximum absolute atomic E-state index is 4.58. The highest BCUT2D eigenvalue weighted by Gasteiger charge is 2.32. The van der Waals surface area contributed by atoms with Crippen LogP contribution in [0.15, 0.2) is 30.7 Å². The van der Waals surface area contributed by atoms with Gasteiger partial charge in [-0.1, -0.05) is 13.0 Å². The van der Waals surface area contributed by atoms with Crippen LogP contribution in [0.2, 0.25) is 0 Å². The van der Waals surface area contributed by atoms with Gasteiger partial charge in [-0.05, 0) is 31.0 Å². The van der Waals surface area contributed by atoms with Gasteiger partial charge in [0.25, 0.3) is 0 Å². The van der Waals surface area contributed by atoms with Crippen LogP contribution in [0.5, 0.6) is 0 Å². The maximum Gasteiger partial charge on any atom is 0.141 e. The van der Waals surface area contributed by atoms with Crippen molar-refractivity contribution < 1.29 is 0 Å². The molecule has 0 N–H and O–H groups in total. The van der Waals surface area contributed by atoms with Crippen molar-refractivity contribution in [3.05, 3.63) is 46.9 Å². The minimum Gasteiger partial charge on any atom is -0.354 e. The first-order chi connectivity index (χ1) is 10.8. The first kappa shape index (κ1) is 13.6. The summed E-state index contributed by atoms with van der Waals surface area (Å²) in [6.07, 6.45) is 4.60. The quantitative estimate of drug-likeness (QED) is 0.742. The Balaban J connectivity index is 1.66. The van der Waals surface area contributed by atoms with Crippen molar-refractivity contribution in [2.45, 2.75) is 26.2 Å². The van der Waals surface area contributed by atoms with Gasteiger partial charge in [-0.15, -0.1) is 11.3 Å². The van der Waals surface area contributed by atoms with E-state index in [0.29, 0.717) is 5.92 Å². The van der Waals surface area contributed by atoms with E-state index in [1.54, 1.807) is 17.7 Å². The molecule has 0 saturated carbocycles. The maximum atomic E-state index is 4.58. The number of nitrogens with zero attached hydrogens (tertiary/aromatic N) is 4. The minimum absolute atomic E-state index is 0.510. The highest BCUT2D eigenvalue weighted by Crippen LogP contribution is 2.38. The fraction of sp³-hybridized carbons (Fsp3) is 0.353. The van der Waals surface area contributed by atoms with Crippen LogP contribution in [0.3, 0.4) is 0 Å². The zero-order valence-electron chi connectivity index (χ0n) is 12.8. The molecule has 0 amide bonds. The van der Waals surface area contributed by atoms with Crippen molar-refractivity contribution in [1.82, 2.24) is 15.0 Å². The summed E-state index contributed by atoms with van der Waals surface area (Å²) in [7, 11) is 0. The van der Waals surface area contributed by atoms with E-state index < -0.39 is 0 Å². The zero-order chi connectivity index (χ0) is 15.1. The van der Waals surface area contributed by atoms with E-state index in [0.717, 1.165) is 30.2 Å². The fourth-order valence-corrected chi connectivity index (χ4v) is 4.28. The third kappa shape index (κ3) is 2.08. The second-order valence-corrected chi connectivity index (χ2v) is 6.93. The number of anilines is 1. The molecule has 3 aromatic rings. The summed E-state index contributed by atoms with van der Waals surface area (Å²) in [4.78, 5) is 18.3. The molecule has 1 fully saturated rings. The molecule has 4 nitrogen and oxygen atoms in total. The van der Waals surface area contributed by atoms with E-state index in [4.69, 9.17) is 0 Å². The number of rotatable bonds is 3. The Morgan fingerprint density at radius 2 is 2.09 bits per heavy atom. The van der Waals surface area contributed by atoms with Crippen LogP contribution in [0.25, 0.3) is 10.2 Å². The number of fused-ring (bicyclic) bond motifs is 1. The summed E-state index contributed by atoms with van der Waals surface area (Å²) in [6, 6.07) is 6.14. The molecule has 0 bridgehead atoms. The van der Waals surface area contributed by atoms with E-state index in [-0.39, 0.29) is 0 Å². The monoisotopic (exact) mass is 310 g/mol. The van der Waals surface area contributed by atoms with Gasteiger partial charge in [0.2, 0.25) is 0 Å². The summed E-state index contributed by atoms with van der Waals surface area (Å²) in [5, 5.41) is 1.26. The Morgan fingerprint density at radius 1 is 1.23 bits per heavy atom. The number of hydrogen-bond donors (Lipinski definition) is 0. The van der Waals surface area contributed by atoms with Gasteiger partial charge in [0.05, 0.1) is 5.39 Å². The van der Waals surface area contributed by atoms with Gasteiger partial charge in [-0.3, -0.25) is 4.98 Å². The fourth-order valence-electron chi connectivity index (χ4n) is 3.21. The van der Waals surface area contributed by atoms with Gasteiger partial charge >= 0.3 is 0 Å². The van der Waals surface area contributed by atoms with Crippen molar-refractivity contribution in [2.24, 2.45) is 0 Å². The standard InChI is InChI=1S/C17H18N4S/c1-3-13-11(2)22-17-15(13)16(19-10-20-17)21-8-12(9-21)14-6-4-5-7-18-14/h4-7,10,12H,3,8-9H2,1-2H3. The molecule has 22 heavy (non-hydrogen) atoms. The lowest BCUT2D eigenvalue weighted by atomic mass is 9.95. The summed E-state index contributed by atoms with van der Waals surface area (Å²) < 4.78 is 0. The van der Waals surface area contributed by atoms with Crippen LogP contribution < -0.4 is 4.90 Å². The number of aryl methyl sites for hydroxylation is 2. The highest BCUT2D eigenvalue weighted by atomic mass is 32.1. The molecule has 1 saturated heterocycles. The number of thiophene rings is 1. The minimum atomic E-state index is 0.510. The lowest BCUT2D eigenvalue weighted by molar-refractivity contribution is 0.510. The summed E-state index contributed by atoms with van der Waals surface area (Å²) in [5.41, 5.74) is 2.58. The molecule has 4 rings (SSSR count). The van der Waals surface area contributed by atoms with Crippen LogP contribution >= 0.6 is 11.3 Å². The van der Waals surface area contributed by atoms with Crippen LogP contribution in [0.4, 0.5) is 5.82 Å². The van der Waals surface area contributed by atoms with Crippen LogP contribution in [-0.2, 0) is 6.42 Å². The van der Waals surface area contributed by atoms with Gasteiger partial charge in [-0.2, -0.15) is 0 Å². The first-order valence-corrected chi connectivity index (χ1v) is 8.48. The van der Waals surface area contributed by atoms with E-state index in [1.165, 1.54) is 21.5 Å². The van der Waals surface area contributed by atoms with E-state index >= 15 is 0 Å². The topological polar surface area (TPSA) is 41.9 Å². The Kier molecular flexibility index (Phi) is 3.30. The number of aromatic nitrogens is 3. The smallest absolute Gasteiger partial charge is 0.141 e. The largest absolute Gasteiger partial charge is 0.354 e. The predicted molar refractivity (Wildman–Crippen MR) is 90.7 cm³/mol. The van der Waals surface area contributed by atoms with Gasteiger partial charge in [0, 0.05) is 35.8 Å². The molecule has 0 atom stereocenters.